The average molecular weight is 552 g/mol. The van der Waals surface area contributed by atoms with Crippen LogP contribution in [0.15, 0.2) is 91.0 Å². The quantitative estimate of drug-likeness (QED) is 0.400. The number of ether oxygens (including phenoxy) is 3. The third kappa shape index (κ3) is 5.62. The summed E-state index contributed by atoms with van der Waals surface area (Å²) < 4.78 is 53.9. The van der Waals surface area contributed by atoms with Crippen LogP contribution in [0, 0.1) is 0 Å². The van der Waals surface area contributed by atoms with Crippen molar-refractivity contribution >= 4 is 16.3 Å². The van der Waals surface area contributed by atoms with Gasteiger partial charge in [0.1, 0.15) is 24.4 Å². The van der Waals surface area contributed by atoms with Crippen LogP contribution < -0.4 is 0 Å². The molecule has 6 atom stereocenters. The van der Waals surface area contributed by atoms with Gasteiger partial charge in [-0.1, -0.05) is 91.0 Å². The molecule has 9 nitrogen and oxygen atoms in total. The topological polar surface area (TPSA) is 101 Å². The predicted octanol–water partition coefficient (Wildman–Crippen LogP) is 3.00. The summed E-state index contributed by atoms with van der Waals surface area (Å²) in [5.41, 5.74) is 2.76. The fraction of sp³-hybridized carbons (Fsp3) is 0.345. The van der Waals surface area contributed by atoms with E-state index in [4.69, 9.17) is 22.6 Å². The van der Waals surface area contributed by atoms with Crippen molar-refractivity contribution in [2.75, 3.05) is 6.54 Å². The van der Waals surface area contributed by atoms with Gasteiger partial charge in [-0.15, -0.1) is 0 Å². The number of hydrogen-bond acceptors (Lipinski definition) is 8. The second-order valence-corrected chi connectivity index (χ2v) is 11.0. The van der Waals surface area contributed by atoms with Crippen LogP contribution in [0.25, 0.3) is 0 Å². The van der Waals surface area contributed by atoms with Crippen molar-refractivity contribution in [3.05, 3.63) is 108 Å². The van der Waals surface area contributed by atoms with E-state index in [-0.39, 0.29) is 32.3 Å². The first-order valence-electron chi connectivity index (χ1n) is 12.9. The fourth-order valence-electron chi connectivity index (χ4n) is 5.44. The maximum atomic E-state index is 13.9. The molecule has 0 spiro atoms. The molecule has 1 amide bonds. The molecule has 0 N–H and O–H groups in total. The van der Waals surface area contributed by atoms with E-state index in [1.54, 1.807) is 4.90 Å². The Hall–Kier alpha value is -3.12. The van der Waals surface area contributed by atoms with Crippen molar-refractivity contribution in [3.8, 4) is 0 Å². The minimum absolute atomic E-state index is 0.0508. The van der Waals surface area contributed by atoms with Crippen molar-refractivity contribution in [2.24, 2.45) is 0 Å². The Labute approximate surface area is 227 Å². The molecular formula is C29H29NO8S. The number of carbonyl (C=O) groups is 1. The van der Waals surface area contributed by atoms with Crippen LogP contribution in [0.1, 0.15) is 16.7 Å². The van der Waals surface area contributed by atoms with Gasteiger partial charge in [0.05, 0.1) is 32.4 Å². The number of carbonyl (C=O) groups excluding carboxylic acids is 1. The fourth-order valence-corrected chi connectivity index (χ4v) is 6.47. The highest BCUT2D eigenvalue weighted by atomic mass is 32.3. The second kappa shape index (κ2) is 11.2. The van der Waals surface area contributed by atoms with Crippen LogP contribution in [-0.2, 0) is 57.6 Å². The van der Waals surface area contributed by atoms with E-state index in [0.717, 1.165) is 16.7 Å². The number of amides is 1. The molecular weight excluding hydrogens is 522 g/mol. The van der Waals surface area contributed by atoms with Crippen molar-refractivity contribution in [3.63, 3.8) is 0 Å². The molecule has 39 heavy (non-hydrogen) atoms. The highest BCUT2D eigenvalue weighted by Gasteiger charge is 2.63. The Balaban J connectivity index is 1.33. The molecule has 6 rings (SSSR count). The smallest absolute Gasteiger partial charge is 0.368 e. The van der Waals surface area contributed by atoms with Crippen LogP contribution in [0.3, 0.4) is 0 Å². The van der Waals surface area contributed by atoms with Gasteiger partial charge in [0, 0.05) is 0 Å². The van der Waals surface area contributed by atoms with Gasteiger partial charge in [-0.05, 0) is 16.7 Å². The lowest BCUT2D eigenvalue weighted by molar-refractivity contribution is -0.208. The number of piperidine rings is 1. The Morgan fingerprint density at radius 2 is 1.18 bits per heavy atom. The second-order valence-electron chi connectivity index (χ2n) is 9.82. The molecule has 3 heterocycles. The summed E-state index contributed by atoms with van der Waals surface area (Å²) in [6.07, 6.45) is -4.30. The lowest BCUT2D eigenvalue weighted by Gasteiger charge is -2.45. The molecule has 0 radical (unpaired) electrons. The third-order valence-corrected chi connectivity index (χ3v) is 8.18. The largest absolute Gasteiger partial charge is 0.400 e. The maximum Gasteiger partial charge on any atom is 0.400 e. The predicted molar refractivity (Wildman–Crippen MR) is 139 cm³/mol. The molecule has 0 bridgehead atoms. The van der Waals surface area contributed by atoms with Crippen molar-refractivity contribution in [1.82, 2.24) is 4.90 Å². The minimum Gasteiger partial charge on any atom is -0.368 e. The van der Waals surface area contributed by atoms with Gasteiger partial charge >= 0.3 is 10.4 Å². The van der Waals surface area contributed by atoms with Crippen molar-refractivity contribution < 1.29 is 35.8 Å². The number of benzene rings is 3. The average Bonchev–Trinajstić information content (AvgIpc) is 3.45. The van der Waals surface area contributed by atoms with E-state index in [0.29, 0.717) is 0 Å². The Morgan fingerprint density at radius 3 is 1.72 bits per heavy atom. The summed E-state index contributed by atoms with van der Waals surface area (Å²) in [6, 6.07) is 28.1. The molecule has 0 unspecified atom stereocenters. The first-order valence-corrected chi connectivity index (χ1v) is 14.2. The minimum atomic E-state index is -4.16. The zero-order valence-electron chi connectivity index (χ0n) is 21.1. The Bertz CT molecular complexity index is 1370. The summed E-state index contributed by atoms with van der Waals surface area (Å²) >= 11 is 0. The maximum absolute atomic E-state index is 13.9. The summed E-state index contributed by atoms with van der Waals surface area (Å²) in [5, 5.41) is 0. The molecule has 3 aliphatic rings. The number of hydrogen-bond donors (Lipinski definition) is 0. The first-order chi connectivity index (χ1) is 19.0. The molecule has 204 valence electrons. The highest BCUT2D eigenvalue weighted by Crippen LogP contribution is 2.41. The van der Waals surface area contributed by atoms with Crippen LogP contribution in [-0.4, -0.2) is 62.3 Å². The van der Waals surface area contributed by atoms with Crippen LogP contribution in [0.4, 0.5) is 0 Å². The molecule has 0 aromatic heterocycles. The third-order valence-electron chi connectivity index (χ3n) is 7.24. The Morgan fingerprint density at radius 1 is 0.692 bits per heavy atom. The van der Waals surface area contributed by atoms with Crippen LogP contribution in [0.5, 0.6) is 0 Å². The van der Waals surface area contributed by atoms with E-state index >= 15 is 0 Å². The zero-order chi connectivity index (χ0) is 26.8. The Kier molecular flexibility index (Phi) is 7.48. The van der Waals surface area contributed by atoms with Gasteiger partial charge in [0.15, 0.2) is 6.10 Å². The lowest BCUT2D eigenvalue weighted by Crippen LogP contribution is -2.66. The summed E-state index contributed by atoms with van der Waals surface area (Å²) in [6.45, 7) is 0.688. The van der Waals surface area contributed by atoms with Gasteiger partial charge < -0.3 is 19.1 Å². The van der Waals surface area contributed by atoms with Gasteiger partial charge in [-0.2, -0.15) is 8.42 Å². The molecule has 0 saturated carbocycles. The van der Waals surface area contributed by atoms with Gasteiger partial charge in [-0.3, -0.25) is 4.79 Å². The summed E-state index contributed by atoms with van der Waals surface area (Å²) in [5.74, 6) is -0.312. The number of nitrogens with zero attached hydrogens (tertiary/aromatic N) is 1. The normalized spacial score (nSPS) is 29.2. The number of rotatable bonds is 9. The summed E-state index contributed by atoms with van der Waals surface area (Å²) in [4.78, 5) is 15.4. The SMILES string of the molecule is O=C1[C@H](OCc2ccccc2)[C@@H](OCc2ccccc2)[C@H](OCc2ccccc2)[C@H]2[C@H]3OS(=O)(=O)O[C@H]3CN12. The van der Waals surface area contributed by atoms with Crippen molar-refractivity contribution in [2.45, 2.75) is 56.4 Å². The molecule has 0 aliphatic carbocycles. The highest BCUT2D eigenvalue weighted by molar-refractivity contribution is 7.82. The molecule has 3 aromatic carbocycles. The summed E-state index contributed by atoms with van der Waals surface area (Å²) in [7, 11) is -4.16. The molecule has 3 aliphatic heterocycles. The molecule has 3 aromatic rings. The van der Waals surface area contributed by atoms with E-state index in [9.17, 15) is 13.2 Å². The number of fused-ring (bicyclic) bond motifs is 3. The monoisotopic (exact) mass is 551 g/mol. The zero-order valence-corrected chi connectivity index (χ0v) is 21.9. The van der Waals surface area contributed by atoms with Gasteiger partial charge in [0.25, 0.3) is 5.91 Å². The molecule has 10 heteroatoms. The van der Waals surface area contributed by atoms with E-state index in [2.05, 4.69) is 0 Å². The van der Waals surface area contributed by atoms with Crippen molar-refractivity contribution in [1.29, 1.82) is 0 Å². The molecule has 3 saturated heterocycles. The van der Waals surface area contributed by atoms with E-state index in [1.165, 1.54) is 0 Å². The van der Waals surface area contributed by atoms with Crippen LogP contribution >= 0.6 is 0 Å². The first kappa shape index (κ1) is 26.1. The van der Waals surface area contributed by atoms with Gasteiger partial charge in [0.2, 0.25) is 0 Å². The lowest BCUT2D eigenvalue weighted by atomic mass is 9.91. The van der Waals surface area contributed by atoms with Crippen LogP contribution in [0.2, 0.25) is 0 Å². The molecule has 3 fully saturated rings. The van der Waals surface area contributed by atoms with E-state index in [1.807, 2.05) is 91.0 Å². The van der Waals surface area contributed by atoms with Gasteiger partial charge in [-0.25, -0.2) is 8.37 Å². The standard InChI is InChI=1S/C29H29NO8S/c31-29-28(36-19-22-14-8-3-9-15-22)27(35-18-21-12-6-2-7-13-21)26(34-17-20-10-4-1-5-11-20)24-25-23(16-30(24)29)37-39(32,33)38-25/h1-15,23-28H,16-19H2/t23-,24+,25-,26+,27-,28+/m0/s1. The van der Waals surface area contributed by atoms with E-state index < -0.39 is 47.0 Å².